The third-order valence-corrected chi connectivity index (χ3v) is 2.49. The second kappa shape index (κ2) is 5.01. The van der Waals surface area contributed by atoms with Crippen molar-refractivity contribution < 1.29 is 19.0 Å². The molecule has 1 aromatic carbocycles. The standard InChI is InChI=1S/C13H11FN2O3/c1-7-5-11(13(17)18)16-12(15-7)9-4-3-8(19-2)6-10(9)14/h3-6H,1-2H3,(H,17,18). The molecule has 0 aliphatic heterocycles. The summed E-state index contributed by atoms with van der Waals surface area (Å²) >= 11 is 0. The normalized spacial score (nSPS) is 10.3. The Morgan fingerprint density at radius 1 is 1.32 bits per heavy atom. The molecular weight excluding hydrogens is 251 g/mol. The van der Waals surface area contributed by atoms with Gasteiger partial charge in [-0.2, -0.15) is 0 Å². The van der Waals surface area contributed by atoms with Crippen molar-refractivity contribution in [3.63, 3.8) is 0 Å². The van der Waals surface area contributed by atoms with Crippen LogP contribution in [0.2, 0.25) is 0 Å². The van der Waals surface area contributed by atoms with E-state index in [4.69, 9.17) is 9.84 Å². The molecule has 0 bridgehead atoms. The van der Waals surface area contributed by atoms with Gasteiger partial charge >= 0.3 is 5.97 Å². The van der Waals surface area contributed by atoms with Crippen molar-refractivity contribution in [2.45, 2.75) is 6.92 Å². The molecule has 1 N–H and O–H groups in total. The number of carbonyl (C=O) groups is 1. The first kappa shape index (κ1) is 12.9. The van der Waals surface area contributed by atoms with Crippen LogP contribution in [0.25, 0.3) is 11.4 Å². The summed E-state index contributed by atoms with van der Waals surface area (Å²) in [7, 11) is 1.43. The molecule has 1 aromatic heterocycles. The lowest BCUT2D eigenvalue weighted by Crippen LogP contribution is -2.05. The molecule has 0 fully saturated rings. The molecule has 0 aliphatic carbocycles. The first-order chi connectivity index (χ1) is 9.01. The first-order valence-electron chi connectivity index (χ1n) is 5.44. The zero-order chi connectivity index (χ0) is 14.0. The quantitative estimate of drug-likeness (QED) is 0.918. The first-order valence-corrected chi connectivity index (χ1v) is 5.44. The van der Waals surface area contributed by atoms with E-state index < -0.39 is 11.8 Å². The summed E-state index contributed by atoms with van der Waals surface area (Å²) in [4.78, 5) is 18.8. The van der Waals surface area contributed by atoms with Crippen molar-refractivity contribution in [2.75, 3.05) is 7.11 Å². The molecule has 0 saturated heterocycles. The highest BCUT2D eigenvalue weighted by atomic mass is 19.1. The Kier molecular flexibility index (Phi) is 3.41. The third-order valence-electron chi connectivity index (χ3n) is 2.49. The predicted molar refractivity (Wildman–Crippen MR) is 65.7 cm³/mol. The lowest BCUT2D eigenvalue weighted by molar-refractivity contribution is 0.0690. The predicted octanol–water partition coefficient (Wildman–Crippen LogP) is 2.30. The van der Waals surface area contributed by atoms with E-state index in [-0.39, 0.29) is 17.1 Å². The molecule has 0 amide bonds. The molecule has 98 valence electrons. The van der Waals surface area contributed by atoms with Crippen LogP contribution >= 0.6 is 0 Å². The van der Waals surface area contributed by atoms with Gasteiger partial charge in [-0.05, 0) is 25.1 Å². The number of nitrogens with zero attached hydrogens (tertiary/aromatic N) is 2. The van der Waals surface area contributed by atoms with Gasteiger partial charge in [0.25, 0.3) is 0 Å². The molecule has 0 spiro atoms. The Labute approximate surface area is 108 Å². The monoisotopic (exact) mass is 262 g/mol. The largest absolute Gasteiger partial charge is 0.497 e. The molecule has 0 unspecified atom stereocenters. The van der Waals surface area contributed by atoms with Crippen LogP contribution in [-0.4, -0.2) is 28.2 Å². The number of carboxylic acids is 1. The van der Waals surface area contributed by atoms with E-state index in [0.717, 1.165) is 0 Å². The highest BCUT2D eigenvalue weighted by Crippen LogP contribution is 2.24. The molecule has 19 heavy (non-hydrogen) atoms. The summed E-state index contributed by atoms with van der Waals surface area (Å²) in [6.45, 7) is 1.62. The van der Waals surface area contributed by atoms with E-state index >= 15 is 0 Å². The van der Waals surface area contributed by atoms with E-state index in [9.17, 15) is 9.18 Å². The fourth-order valence-corrected chi connectivity index (χ4v) is 1.60. The van der Waals surface area contributed by atoms with Crippen molar-refractivity contribution >= 4 is 5.97 Å². The van der Waals surface area contributed by atoms with Gasteiger partial charge in [0, 0.05) is 11.8 Å². The van der Waals surface area contributed by atoms with Crippen molar-refractivity contribution in [3.8, 4) is 17.1 Å². The van der Waals surface area contributed by atoms with Crippen molar-refractivity contribution in [1.82, 2.24) is 9.97 Å². The van der Waals surface area contributed by atoms with Crippen LogP contribution in [-0.2, 0) is 0 Å². The number of benzene rings is 1. The summed E-state index contributed by atoms with van der Waals surface area (Å²) in [6.07, 6.45) is 0. The number of methoxy groups -OCH3 is 1. The minimum absolute atomic E-state index is 0.0394. The molecule has 1 heterocycles. The van der Waals surface area contributed by atoms with E-state index in [2.05, 4.69) is 9.97 Å². The summed E-state index contributed by atoms with van der Waals surface area (Å²) in [6, 6.07) is 5.54. The van der Waals surface area contributed by atoms with Crippen LogP contribution in [0.3, 0.4) is 0 Å². The molecule has 6 heteroatoms. The van der Waals surface area contributed by atoms with Gasteiger partial charge in [-0.1, -0.05) is 0 Å². The maximum Gasteiger partial charge on any atom is 0.354 e. The van der Waals surface area contributed by atoms with Gasteiger partial charge in [-0.25, -0.2) is 19.2 Å². The van der Waals surface area contributed by atoms with E-state index in [1.807, 2.05) is 0 Å². The number of hydrogen-bond donors (Lipinski definition) is 1. The Hall–Kier alpha value is -2.50. The molecule has 0 atom stereocenters. The second-order valence-electron chi connectivity index (χ2n) is 3.87. The number of halogens is 1. The summed E-state index contributed by atoms with van der Waals surface area (Å²) in [5.74, 6) is -1.34. The lowest BCUT2D eigenvalue weighted by Gasteiger charge is -2.06. The molecule has 2 rings (SSSR count). The maximum absolute atomic E-state index is 13.9. The summed E-state index contributed by atoms with van der Waals surface area (Å²) < 4.78 is 18.8. The van der Waals surface area contributed by atoms with Gasteiger partial charge in [-0.3, -0.25) is 0 Å². The lowest BCUT2D eigenvalue weighted by atomic mass is 10.1. The molecular formula is C13H11FN2O3. The molecule has 0 radical (unpaired) electrons. The van der Waals surface area contributed by atoms with Crippen molar-refractivity contribution in [1.29, 1.82) is 0 Å². The van der Waals surface area contributed by atoms with Crippen LogP contribution in [0.15, 0.2) is 24.3 Å². The van der Waals surface area contributed by atoms with Crippen LogP contribution in [0, 0.1) is 12.7 Å². The van der Waals surface area contributed by atoms with Crippen LogP contribution < -0.4 is 4.74 Å². The van der Waals surface area contributed by atoms with Gasteiger partial charge in [-0.15, -0.1) is 0 Å². The fraction of sp³-hybridized carbons (Fsp3) is 0.154. The van der Waals surface area contributed by atoms with E-state index in [1.54, 1.807) is 13.0 Å². The molecule has 2 aromatic rings. The summed E-state index contributed by atoms with van der Waals surface area (Å²) in [5.41, 5.74) is 0.419. The Bertz CT molecular complexity index is 644. The van der Waals surface area contributed by atoms with Gasteiger partial charge < -0.3 is 9.84 Å². The molecule has 0 saturated carbocycles. The molecule has 5 nitrogen and oxygen atoms in total. The highest BCUT2D eigenvalue weighted by Gasteiger charge is 2.13. The number of aromatic nitrogens is 2. The number of hydrogen-bond acceptors (Lipinski definition) is 4. The minimum atomic E-state index is -1.18. The van der Waals surface area contributed by atoms with Crippen molar-refractivity contribution in [3.05, 3.63) is 41.5 Å². The zero-order valence-corrected chi connectivity index (χ0v) is 10.3. The van der Waals surface area contributed by atoms with E-state index in [1.165, 1.54) is 25.3 Å². The number of aromatic carboxylic acids is 1. The Balaban J connectivity index is 2.55. The molecule has 0 aliphatic rings. The van der Waals surface area contributed by atoms with E-state index in [0.29, 0.717) is 11.4 Å². The van der Waals surface area contributed by atoms with Crippen LogP contribution in [0.5, 0.6) is 5.75 Å². The second-order valence-corrected chi connectivity index (χ2v) is 3.87. The number of carboxylic acid groups (broad SMARTS) is 1. The maximum atomic E-state index is 13.9. The van der Waals surface area contributed by atoms with Gasteiger partial charge in [0.1, 0.15) is 11.6 Å². The van der Waals surface area contributed by atoms with Gasteiger partial charge in [0.15, 0.2) is 11.5 Å². The van der Waals surface area contributed by atoms with Crippen molar-refractivity contribution in [2.24, 2.45) is 0 Å². The smallest absolute Gasteiger partial charge is 0.354 e. The highest BCUT2D eigenvalue weighted by molar-refractivity contribution is 5.86. The zero-order valence-electron chi connectivity index (χ0n) is 10.3. The third kappa shape index (κ3) is 2.67. The number of rotatable bonds is 3. The Morgan fingerprint density at radius 2 is 2.05 bits per heavy atom. The summed E-state index contributed by atoms with van der Waals surface area (Å²) in [5, 5.41) is 8.93. The van der Waals surface area contributed by atoms with Crippen LogP contribution in [0.1, 0.15) is 16.2 Å². The number of ether oxygens (including phenoxy) is 1. The topological polar surface area (TPSA) is 72.3 Å². The average molecular weight is 262 g/mol. The van der Waals surface area contributed by atoms with Crippen LogP contribution in [0.4, 0.5) is 4.39 Å². The fourth-order valence-electron chi connectivity index (χ4n) is 1.60. The van der Waals surface area contributed by atoms with Gasteiger partial charge in [0.2, 0.25) is 0 Å². The average Bonchev–Trinajstić information content (AvgIpc) is 2.37. The van der Waals surface area contributed by atoms with Gasteiger partial charge in [0.05, 0.1) is 12.7 Å². The Morgan fingerprint density at radius 3 is 2.63 bits per heavy atom. The SMILES string of the molecule is COc1ccc(-c2nc(C)cc(C(=O)O)n2)c(F)c1. The minimum Gasteiger partial charge on any atom is -0.497 e. The number of aryl methyl sites for hydroxylation is 1.